The second-order valence-electron chi connectivity index (χ2n) is 9.07. The molecule has 1 aliphatic carbocycles. The van der Waals surface area contributed by atoms with Crippen molar-refractivity contribution < 1.29 is 9.18 Å². The van der Waals surface area contributed by atoms with Crippen molar-refractivity contribution in [3.05, 3.63) is 96.2 Å². The SMILES string of the molecule is C[C@@H](NC(=O)c1ccc(-n2cccc2)cc1)C1CCC(c2ccnc3ccc(F)cc23)CC1. The van der Waals surface area contributed by atoms with Crippen LogP contribution in [0.25, 0.3) is 16.6 Å². The van der Waals surface area contributed by atoms with Crippen LogP contribution >= 0.6 is 0 Å². The van der Waals surface area contributed by atoms with Gasteiger partial charge in [-0.1, -0.05) is 0 Å². The van der Waals surface area contributed by atoms with E-state index in [1.54, 1.807) is 12.1 Å². The fraction of sp³-hybridized carbons (Fsp3) is 0.286. The van der Waals surface area contributed by atoms with Crippen molar-refractivity contribution in [1.82, 2.24) is 14.9 Å². The fourth-order valence-corrected chi connectivity index (χ4v) is 5.13. The number of benzene rings is 2. The Kier molecular flexibility index (Phi) is 5.95. The van der Waals surface area contributed by atoms with Crippen LogP contribution in [-0.2, 0) is 0 Å². The molecule has 1 amide bonds. The third-order valence-corrected chi connectivity index (χ3v) is 7.05. The zero-order valence-corrected chi connectivity index (χ0v) is 18.7. The van der Waals surface area contributed by atoms with Crippen molar-refractivity contribution in [1.29, 1.82) is 0 Å². The van der Waals surface area contributed by atoms with Gasteiger partial charge >= 0.3 is 0 Å². The van der Waals surface area contributed by atoms with Gasteiger partial charge in [0, 0.05) is 41.3 Å². The second kappa shape index (κ2) is 9.18. The molecule has 33 heavy (non-hydrogen) atoms. The van der Waals surface area contributed by atoms with Gasteiger partial charge in [-0.3, -0.25) is 9.78 Å². The highest BCUT2D eigenvalue weighted by atomic mass is 19.1. The molecule has 168 valence electrons. The number of amides is 1. The minimum absolute atomic E-state index is 0.0284. The lowest BCUT2D eigenvalue weighted by molar-refractivity contribution is 0.0918. The van der Waals surface area contributed by atoms with Gasteiger partial charge in [0.2, 0.25) is 0 Å². The van der Waals surface area contributed by atoms with Crippen LogP contribution in [-0.4, -0.2) is 21.5 Å². The molecule has 0 bridgehead atoms. The van der Waals surface area contributed by atoms with E-state index in [-0.39, 0.29) is 17.8 Å². The summed E-state index contributed by atoms with van der Waals surface area (Å²) in [4.78, 5) is 17.2. The van der Waals surface area contributed by atoms with E-state index in [0.717, 1.165) is 42.3 Å². The van der Waals surface area contributed by atoms with Gasteiger partial charge in [-0.2, -0.15) is 0 Å². The molecule has 0 saturated heterocycles. The third kappa shape index (κ3) is 4.54. The first-order chi connectivity index (χ1) is 16.1. The first-order valence-corrected chi connectivity index (χ1v) is 11.7. The van der Waals surface area contributed by atoms with Gasteiger partial charge < -0.3 is 9.88 Å². The molecule has 1 aliphatic rings. The Morgan fingerprint density at radius 3 is 2.48 bits per heavy atom. The number of halogens is 1. The first-order valence-electron chi connectivity index (χ1n) is 11.7. The molecule has 1 N–H and O–H groups in total. The molecule has 2 heterocycles. The van der Waals surface area contributed by atoms with Gasteiger partial charge in [0.05, 0.1) is 5.52 Å². The smallest absolute Gasteiger partial charge is 0.251 e. The molecule has 1 saturated carbocycles. The van der Waals surface area contributed by atoms with Gasteiger partial charge in [0.25, 0.3) is 5.91 Å². The number of carbonyl (C=O) groups is 1. The Hall–Kier alpha value is -3.47. The van der Waals surface area contributed by atoms with Crippen molar-refractivity contribution in [2.45, 2.75) is 44.6 Å². The number of fused-ring (bicyclic) bond motifs is 1. The van der Waals surface area contributed by atoms with Crippen LogP contribution in [0.15, 0.2) is 79.3 Å². The van der Waals surface area contributed by atoms with Crippen LogP contribution in [0.3, 0.4) is 0 Å². The topological polar surface area (TPSA) is 46.9 Å². The monoisotopic (exact) mass is 441 g/mol. The highest BCUT2D eigenvalue weighted by Crippen LogP contribution is 2.39. The van der Waals surface area contributed by atoms with E-state index < -0.39 is 0 Å². The van der Waals surface area contributed by atoms with Crippen LogP contribution in [0.5, 0.6) is 0 Å². The van der Waals surface area contributed by atoms with Gasteiger partial charge in [-0.25, -0.2) is 4.39 Å². The van der Waals surface area contributed by atoms with Crippen molar-refractivity contribution in [3.8, 4) is 5.69 Å². The maximum atomic E-state index is 13.8. The van der Waals surface area contributed by atoms with E-state index in [4.69, 9.17) is 0 Å². The molecule has 1 atom stereocenters. The number of aromatic nitrogens is 2. The van der Waals surface area contributed by atoms with Crippen molar-refractivity contribution in [3.63, 3.8) is 0 Å². The Balaban J connectivity index is 1.20. The summed E-state index contributed by atoms with van der Waals surface area (Å²) in [5, 5.41) is 4.13. The van der Waals surface area contributed by atoms with E-state index in [2.05, 4.69) is 17.2 Å². The molecular weight excluding hydrogens is 413 g/mol. The number of hydrogen-bond acceptors (Lipinski definition) is 2. The van der Waals surface area contributed by atoms with Crippen LogP contribution in [0.4, 0.5) is 4.39 Å². The van der Waals surface area contributed by atoms with Gasteiger partial charge in [-0.15, -0.1) is 0 Å². The maximum Gasteiger partial charge on any atom is 0.251 e. The van der Waals surface area contributed by atoms with Crippen molar-refractivity contribution in [2.75, 3.05) is 0 Å². The molecule has 0 unspecified atom stereocenters. The highest BCUT2D eigenvalue weighted by molar-refractivity contribution is 5.94. The summed E-state index contributed by atoms with van der Waals surface area (Å²) >= 11 is 0. The molecule has 5 heteroatoms. The van der Waals surface area contributed by atoms with E-state index in [1.165, 1.54) is 11.6 Å². The highest BCUT2D eigenvalue weighted by Gasteiger charge is 2.28. The lowest BCUT2D eigenvalue weighted by Gasteiger charge is -2.33. The number of pyridine rings is 1. The summed E-state index contributed by atoms with van der Waals surface area (Å²) in [6.45, 7) is 2.11. The molecule has 2 aromatic carbocycles. The molecule has 0 spiro atoms. The Bertz CT molecular complexity index is 1240. The Labute approximate surface area is 193 Å². The average molecular weight is 442 g/mol. The van der Waals surface area contributed by atoms with Crippen molar-refractivity contribution in [2.24, 2.45) is 5.92 Å². The summed E-state index contributed by atoms with van der Waals surface area (Å²) in [7, 11) is 0. The third-order valence-electron chi connectivity index (χ3n) is 7.05. The number of nitrogens with one attached hydrogen (secondary N) is 1. The Morgan fingerprint density at radius 2 is 1.76 bits per heavy atom. The normalized spacial score (nSPS) is 19.3. The summed E-state index contributed by atoms with van der Waals surface area (Å²) < 4.78 is 15.9. The van der Waals surface area contributed by atoms with E-state index in [9.17, 15) is 9.18 Å². The molecule has 0 radical (unpaired) electrons. The van der Waals surface area contributed by atoms with Gasteiger partial charge in [0.15, 0.2) is 0 Å². The maximum absolute atomic E-state index is 13.8. The molecule has 5 rings (SSSR count). The zero-order chi connectivity index (χ0) is 22.8. The first kappa shape index (κ1) is 21.4. The number of carbonyl (C=O) groups excluding carboxylic acids is 1. The predicted octanol–water partition coefficient (Wildman–Crippen LogP) is 6.26. The minimum atomic E-state index is -0.219. The summed E-state index contributed by atoms with van der Waals surface area (Å²) in [6, 6.07) is 18.6. The number of rotatable bonds is 5. The summed E-state index contributed by atoms with van der Waals surface area (Å²) in [5.74, 6) is 0.592. The average Bonchev–Trinajstić information content (AvgIpc) is 3.39. The standard InChI is InChI=1S/C28H28FN3O/c1-19(31-28(33)22-8-11-24(12-9-22)32-16-2-3-17-32)20-4-6-21(7-5-20)25-14-15-30-27-13-10-23(29)18-26(25)27/h2-3,8-21H,4-7H2,1H3,(H,31,33)/t19-,20?,21?/m1/s1. The molecule has 4 nitrogen and oxygen atoms in total. The van der Waals surface area contributed by atoms with Crippen LogP contribution in [0.1, 0.15) is 54.4 Å². The molecule has 4 aromatic rings. The molecule has 2 aromatic heterocycles. The second-order valence-corrected chi connectivity index (χ2v) is 9.07. The minimum Gasteiger partial charge on any atom is -0.349 e. The van der Waals surface area contributed by atoms with E-state index in [0.29, 0.717) is 17.4 Å². The van der Waals surface area contributed by atoms with Crippen molar-refractivity contribution >= 4 is 16.8 Å². The quantitative estimate of drug-likeness (QED) is 0.397. The van der Waals surface area contributed by atoms with Gasteiger partial charge in [-0.05, 0) is 111 Å². The zero-order valence-electron chi connectivity index (χ0n) is 18.7. The van der Waals surface area contributed by atoms with E-state index >= 15 is 0 Å². The number of nitrogens with zero attached hydrogens (tertiary/aromatic N) is 2. The number of hydrogen-bond donors (Lipinski definition) is 1. The molecular formula is C28H28FN3O. The van der Waals surface area contributed by atoms with E-state index in [1.807, 2.05) is 65.6 Å². The lowest BCUT2D eigenvalue weighted by Crippen LogP contribution is -2.39. The largest absolute Gasteiger partial charge is 0.349 e. The molecule has 0 aliphatic heterocycles. The summed E-state index contributed by atoms with van der Waals surface area (Å²) in [5.41, 5.74) is 3.75. The van der Waals surface area contributed by atoms with Crippen LogP contribution in [0.2, 0.25) is 0 Å². The summed E-state index contributed by atoms with van der Waals surface area (Å²) in [6.07, 6.45) is 9.94. The van der Waals surface area contributed by atoms with Crippen LogP contribution < -0.4 is 5.32 Å². The lowest BCUT2D eigenvalue weighted by atomic mass is 9.75. The van der Waals surface area contributed by atoms with Crippen LogP contribution in [0, 0.1) is 11.7 Å². The Morgan fingerprint density at radius 1 is 1.03 bits per heavy atom. The fourth-order valence-electron chi connectivity index (χ4n) is 5.13. The molecule has 1 fully saturated rings. The predicted molar refractivity (Wildman–Crippen MR) is 129 cm³/mol. The van der Waals surface area contributed by atoms with Gasteiger partial charge in [0.1, 0.15) is 5.82 Å².